The predicted molar refractivity (Wildman–Crippen MR) is 124 cm³/mol. The highest BCUT2D eigenvalue weighted by atomic mass is 32.2. The number of carbonyl (C=O) groups is 2. The van der Waals surface area contributed by atoms with Crippen molar-refractivity contribution in [2.24, 2.45) is 4.99 Å². The Kier molecular flexibility index (Phi) is 6.00. The van der Waals surface area contributed by atoms with Gasteiger partial charge >= 0.3 is 0 Å². The number of fused-ring (bicyclic) bond motifs is 1. The molecule has 8 nitrogen and oxygen atoms in total. The molecule has 2 fully saturated rings. The van der Waals surface area contributed by atoms with Crippen LogP contribution in [-0.4, -0.2) is 62.3 Å². The molecule has 2 aliphatic rings. The fourth-order valence-corrected chi connectivity index (χ4v) is 7.77. The molecular weight excluding hydrogens is 452 g/mol. The van der Waals surface area contributed by atoms with Crippen LogP contribution in [0.2, 0.25) is 0 Å². The van der Waals surface area contributed by atoms with Crippen LogP contribution in [-0.2, 0) is 9.84 Å². The normalized spacial score (nSPS) is 22.6. The van der Waals surface area contributed by atoms with Gasteiger partial charge in [0.25, 0.3) is 5.91 Å². The number of ketones is 1. The lowest BCUT2D eigenvalue weighted by Gasteiger charge is -2.24. The Balaban J connectivity index is 1.73. The van der Waals surface area contributed by atoms with Crippen LogP contribution in [0.5, 0.6) is 11.5 Å². The standard InChI is InChI=1S/C22H22N2O6S2/c1-13(25)14-5-4-6-16(9-14)24-17-11-32(27,28)12-20(17)31-22(24)23-21(26)15-7-8-18(29-2)19(10-15)30-3/h4-10,17,20H,11-12H2,1-3H3/t17-,20-/m0/s1. The van der Waals surface area contributed by atoms with E-state index in [1.807, 2.05) is 0 Å². The number of ether oxygens (including phenoxy) is 2. The van der Waals surface area contributed by atoms with Crippen molar-refractivity contribution in [1.29, 1.82) is 0 Å². The van der Waals surface area contributed by atoms with Crippen LogP contribution in [0.4, 0.5) is 5.69 Å². The highest BCUT2D eigenvalue weighted by molar-refractivity contribution is 8.16. The number of anilines is 1. The minimum atomic E-state index is -3.19. The van der Waals surface area contributed by atoms with Gasteiger partial charge in [0.2, 0.25) is 0 Å². The number of thioether (sulfide) groups is 1. The molecule has 2 aromatic carbocycles. The quantitative estimate of drug-likeness (QED) is 0.610. The second-order valence-electron chi connectivity index (χ2n) is 7.55. The van der Waals surface area contributed by atoms with Gasteiger partial charge in [-0.1, -0.05) is 23.9 Å². The Bertz CT molecular complexity index is 1220. The summed E-state index contributed by atoms with van der Waals surface area (Å²) in [6.45, 7) is 1.47. The van der Waals surface area contributed by atoms with Crippen LogP contribution < -0.4 is 14.4 Å². The van der Waals surface area contributed by atoms with E-state index < -0.39 is 15.7 Å². The molecule has 2 saturated heterocycles. The lowest BCUT2D eigenvalue weighted by molar-refractivity contribution is 0.0998. The summed E-state index contributed by atoms with van der Waals surface area (Å²) in [5, 5.41) is 0.174. The summed E-state index contributed by atoms with van der Waals surface area (Å²) in [7, 11) is -0.203. The van der Waals surface area contributed by atoms with Crippen LogP contribution in [0, 0.1) is 0 Å². The van der Waals surface area contributed by atoms with Crippen LogP contribution in [0.3, 0.4) is 0 Å². The number of hydrogen-bond acceptors (Lipinski definition) is 7. The topological polar surface area (TPSA) is 102 Å². The van der Waals surface area contributed by atoms with E-state index in [0.29, 0.717) is 33.5 Å². The Morgan fingerprint density at radius 3 is 2.47 bits per heavy atom. The number of sulfone groups is 1. The first-order valence-corrected chi connectivity index (χ1v) is 12.5. The van der Waals surface area contributed by atoms with E-state index in [1.165, 1.54) is 32.9 Å². The summed E-state index contributed by atoms with van der Waals surface area (Å²) >= 11 is 1.28. The molecule has 2 aromatic rings. The largest absolute Gasteiger partial charge is 0.493 e. The first-order valence-electron chi connectivity index (χ1n) is 9.85. The third kappa shape index (κ3) is 4.24. The van der Waals surface area contributed by atoms with Gasteiger partial charge in [0, 0.05) is 22.1 Å². The van der Waals surface area contributed by atoms with E-state index in [0.717, 1.165) is 0 Å². The summed E-state index contributed by atoms with van der Waals surface area (Å²) in [6, 6.07) is 11.3. The Labute approximate surface area is 190 Å². The average Bonchev–Trinajstić information content (AvgIpc) is 3.23. The van der Waals surface area contributed by atoms with E-state index in [4.69, 9.17) is 9.47 Å². The van der Waals surface area contributed by atoms with Crippen LogP contribution in [0.15, 0.2) is 47.5 Å². The maximum absolute atomic E-state index is 13.0. The fraction of sp³-hybridized carbons (Fsp3) is 0.318. The third-order valence-corrected chi connectivity index (χ3v) is 8.63. The zero-order valence-corrected chi connectivity index (χ0v) is 19.4. The maximum atomic E-state index is 13.0. The molecule has 0 aromatic heterocycles. The van der Waals surface area contributed by atoms with Gasteiger partial charge in [-0.3, -0.25) is 9.59 Å². The number of hydrogen-bond donors (Lipinski definition) is 0. The minimum Gasteiger partial charge on any atom is -0.493 e. The zero-order chi connectivity index (χ0) is 23.0. The monoisotopic (exact) mass is 474 g/mol. The predicted octanol–water partition coefficient (Wildman–Crippen LogP) is 2.82. The molecule has 0 saturated carbocycles. The molecule has 4 rings (SSSR count). The highest BCUT2D eigenvalue weighted by Gasteiger charge is 2.49. The first-order chi connectivity index (χ1) is 15.2. The number of rotatable bonds is 5. The zero-order valence-electron chi connectivity index (χ0n) is 17.8. The number of Topliss-reactive ketones (excluding diaryl/α,β-unsaturated/α-hetero) is 1. The minimum absolute atomic E-state index is 0.0226. The Hall–Kier alpha value is -2.85. The molecule has 0 bridgehead atoms. The van der Waals surface area contributed by atoms with E-state index in [9.17, 15) is 18.0 Å². The van der Waals surface area contributed by atoms with Gasteiger partial charge in [0.1, 0.15) is 0 Å². The number of amidine groups is 1. The number of methoxy groups -OCH3 is 2. The van der Waals surface area contributed by atoms with Crippen molar-refractivity contribution in [2.75, 3.05) is 30.6 Å². The molecule has 2 atom stereocenters. The van der Waals surface area contributed by atoms with E-state index >= 15 is 0 Å². The molecule has 0 N–H and O–H groups in total. The number of benzene rings is 2. The van der Waals surface area contributed by atoms with Crippen LogP contribution >= 0.6 is 11.8 Å². The van der Waals surface area contributed by atoms with Crippen molar-refractivity contribution in [2.45, 2.75) is 18.2 Å². The molecule has 1 amide bonds. The van der Waals surface area contributed by atoms with E-state index in [-0.39, 0.29) is 28.6 Å². The van der Waals surface area contributed by atoms with Gasteiger partial charge in [0.05, 0.1) is 31.8 Å². The fourth-order valence-electron chi connectivity index (χ4n) is 3.86. The average molecular weight is 475 g/mol. The van der Waals surface area contributed by atoms with Crippen molar-refractivity contribution in [3.05, 3.63) is 53.6 Å². The highest BCUT2D eigenvalue weighted by Crippen LogP contribution is 2.41. The summed E-state index contributed by atoms with van der Waals surface area (Å²) in [6.07, 6.45) is 0. The SMILES string of the molecule is COc1ccc(C(=O)N=C2S[C@H]3CS(=O)(=O)C[C@@H]3N2c2cccc(C(C)=O)c2)cc1OC. The Morgan fingerprint density at radius 2 is 1.78 bits per heavy atom. The number of aliphatic imine (C=N–C) groups is 1. The van der Waals surface area contributed by atoms with Gasteiger partial charge in [-0.15, -0.1) is 0 Å². The molecule has 0 unspecified atom stereocenters. The van der Waals surface area contributed by atoms with Crippen LogP contribution in [0.25, 0.3) is 0 Å². The molecular formula is C22H22N2O6S2. The van der Waals surface area contributed by atoms with Crippen molar-refractivity contribution in [3.63, 3.8) is 0 Å². The lowest BCUT2D eigenvalue weighted by Crippen LogP contribution is -2.37. The first kappa shape index (κ1) is 22.3. The van der Waals surface area contributed by atoms with Gasteiger partial charge in [-0.05, 0) is 37.3 Å². The number of nitrogens with zero attached hydrogens (tertiary/aromatic N) is 2. The van der Waals surface area contributed by atoms with Crippen molar-refractivity contribution >= 4 is 44.1 Å². The van der Waals surface area contributed by atoms with Crippen LogP contribution in [0.1, 0.15) is 27.6 Å². The van der Waals surface area contributed by atoms with Gasteiger partial charge in [0.15, 0.2) is 32.3 Å². The molecule has 2 heterocycles. The molecule has 0 aliphatic carbocycles. The van der Waals surface area contributed by atoms with E-state index in [2.05, 4.69) is 4.99 Å². The second kappa shape index (κ2) is 8.59. The smallest absolute Gasteiger partial charge is 0.279 e. The van der Waals surface area contributed by atoms with Crippen molar-refractivity contribution in [3.8, 4) is 11.5 Å². The number of carbonyl (C=O) groups excluding carboxylic acids is 2. The summed E-state index contributed by atoms with van der Waals surface area (Å²) in [4.78, 5) is 30.9. The van der Waals surface area contributed by atoms with Crippen molar-refractivity contribution < 1.29 is 27.5 Å². The Morgan fingerprint density at radius 1 is 1.03 bits per heavy atom. The van der Waals surface area contributed by atoms with Gasteiger partial charge in [-0.2, -0.15) is 4.99 Å². The molecule has 0 radical (unpaired) electrons. The van der Waals surface area contributed by atoms with Gasteiger partial charge in [-0.25, -0.2) is 8.42 Å². The third-order valence-electron chi connectivity index (χ3n) is 5.43. The summed E-state index contributed by atoms with van der Waals surface area (Å²) in [5.41, 5.74) is 1.45. The molecule has 168 valence electrons. The van der Waals surface area contributed by atoms with Crippen molar-refractivity contribution in [1.82, 2.24) is 0 Å². The lowest BCUT2D eigenvalue weighted by atomic mass is 10.1. The number of amides is 1. The van der Waals surface area contributed by atoms with E-state index in [1.54, 1.807) is 47.4 Å². The summed E-state index contributed by atoms with van der Waals surface area (Å²) in [5.74, 6) is 0.312. The summed E-state index contributed by atoms with van der Waals surface area (Å²) < 4.78 is 35.0. The second-order valence-corrected chi connectivity index (χ2v) is 10.9. The maximum Gasteiger partial charge on any atom is 0.279 e. The molecule has 10 heteroatoms. The molecule has 2 aliphatic heterocycles. The molecule has 0 spiro atoms. The molecule has 32 heavy (non-hydrogen) atoms. The van der Waals surface area contributed by atoms with Gasteiger partial charge < -0.3 is 14.4 Å².